The summed E-state index contributed by atoms with van der Waals surface area (Å²) in [6.07, 6.45) is 6.65. The minimum absolute atomic E-state index is 0.481. The van der Waals surface area contributed by atoms with Gasteiger partial charge in [-0.2, -0.15) is 0 Å². The summed E-state index contributed by atoms with van der Waals surface area (Å²) in [6, 6.07) is 10.0. The number of aliphatic carboxylic acids is 1. The van der Waals surface area contributed by atoms with E-state index < -0.39 is 11.9 Å². The van der Waals surface area contributed by atoms with E-state index in [0.29, 0.717) is 0 Å². The van der Waals surface area contributed by atoms with Crippen molar-refractivity contribution in [3.05, 3.63) is 80.4 Å². The highest BCUT2D eigenvalue weighted by Gasteiger charge is 1.86. The molecule has 0 spiro atoms. The van der Waals surface area contributed by atoms with Crippen molar-refractivity contribution in [1.29, 1.82) is 0 Å². The zero-order chi connectivity index (χ0) is 20.1. The third-order valence-electron chi connectivity index (χ3n) is 2.12. The Morgan fingerprint density at radius 2 is 1.44 bits per heavy atom. The lowest BCUT2D eigenvalue weighted by Crippen LogP contribution is -2.17. The van der Waals surface area contributed by atoms with Gasteiger partial charge in [0.1, 0.15) is 0 Å². The van der Waals surface area contributed by atoms with Crippen LogP contribution < -0.4 is 5.73 Å². The smallest absolute Gasteiger partial charge is 0.300 e. The lowest BCUT2D eigenvalue weighted by molar-refractivity contribution is -0.134. The van der Waals surface area contributed by atoms with Crippen LogP contribution in [0.25, 0.3) is 6.08 Å². The molecule has 0 aromatic heterocycles. The van der Waals surface area contributed by atoms with Crippen LogP contribution in [0.2, 0.25) is 0 Å². The van der Waals surface area contributed by atoms with Crippen molar-refractivity contribution in [3.8, 4) is 0 Å². The van der Waals surface area contributed by atoms with Crippen LogP contribution >= 0.6 is 0 Å². The zero-order valence-corrected chi connectivity index (χ0v) is 15.2. The first kappa shape index (κ1) is 27.0. The number of carboxylic acid groups (broad SMARTS) is 1. The van der Waals surface area contributed by atoms with Gasteiger partial charge >= 0.3 is 0 Å². The lowest BCUT2D eigenvalue weighted by atomic mass is 10.2. The molecule has 0 radical (unpaired) electrons. The van der Waals surface area contributed by atoms with Gasteiger partial charge in [0.05, 0.1) is 0 Å². The predicted octanol–water partition coefficient (Wildman–Crippen LogP) is 3.37. The summed E-state index contributed by atoms with van der Waals surface area (Å²) in [5.74, 6) is -1.31. The van der Waals surface area contributed by atoms with Gasteiger partial charge < -0.3 is 10.8 Å². The Labute approximate surface area is 151 Å². The molecular formula is C20H30N2O3. The Balaban J connectivity index is -0.000000270. The molecule has 0 bridgehead atoms. The summed E-state index contributed by atoms with van der Waals surface area (Å²) in [6.45, 7) is 16.9. The van der Waals surface area contributed by atoms with Gasteiger partial charge in [0.2, 0.25) is 5.91 Å². The largest absolute Gasteiger partial charge is 0.481 e. The quantitative estimate of drug-likeness (QED) is 0.611. The van der Waals surface area contributed by atoms with Gasteiger partial charge in [0, 0.05) is 20.0 Å². The van der Waals surface area contributed by atoms with E-state index in [1.807, 2.05) is 55.6 Å². The van der Waals surface area contributed by atoms with Gasteiger partial charge in [-0.25, -0.2) is 0 Å². The summed E-state index contributed by atoms with van der Waals surface area (Å²) in [5, 5.41) is 7.42. The van der Waals surface area contributed by atoms with Gasteiger partial charge in [-0.3, -0.25) is 14.5 Å². The number of carbonyl (C=O) groups is 2. The zero-order valence-electron chi connectivity index (χ0n) is 15.2. The molecule has 5 heteroatoms. The van der Waals surface area contributed by atoms with Gasteiger partial charge in [-0.15, -0.1) is 13.2 Å². The Kier molecular flexibility index (Phi) is 22.7. The van der Waals surface area contributed by atoms with Gasteiger partial charge in [-0.05, 0) is 18.7 Å². The number of primary amides is 1. The molecule has 0 aliphatic heterocycles. The molecule has 25 heavy (non-hydrogen) atoms. The lowest BCUT2D eigenvalue weighted by Gasteiger charge is -2.09. The van der Waals surface area contributed by atoms with Gasteiger partial charge in [0.25, 0.3) is 5.97 Å². The molecule has 5 nitrogen and oxygen atoms in total. The molecule has 0 atom stereocenters. The standard InChI is InChI=1S/C8H8.C7H13N.C3H5NO.C2H4O2/c1-2-8-6-4-3-5-7-8;1-4-6-8(3)7-5-2;1-2-3(4)5;1-2(3)4/h2-7H,1H2;4-5H,1-2,6-7H2,3H3;2H,1H2,(H2,4,5);1H3,(H,3,4). The summed E-state index contributed by atoms with van der Waals surface area (Å²) in [5.41, 5.74) is 5.71. The number of hydrogen-bond acceptors (Lipinski definition) is 3. The average Bonchev–Trinajstić information content (AvgIpc) is 2.56. The first-order valence-electron chi connectivity index (χ1n) is 7.44. The van der Waals surface area contributed by atoms with Crippen LogP contribution in [-0.2, 0) is 9.59 Å². The molecule has 3 N–H and O–H groups in total. The van der Waals surface area contributed by atoms with Crippen molar-refractivity contribution in [1.82, 2.24) is 4.90 Å². The van der Waals surface area contributed by atoms with E-state index in [-0.39, 0.29) is 0 Å². The summed E-state index contributed by atoms with van der Waals surface area (Å²) in [4.78, 5) is 20.6. The van der Waals surface area contributed by atoms with Crippen LogP contribution in [0.15, 0.2) is 74.9 Å². The molecule has 0 unspecified atom stereocenters. The Bertz CT molecular complexity index is 497. The monoisotopic (exact) mass is 346 g/mol. The SMILES string of the molecule is C=CC(N)=O.C=CCN(C)CC=C.C=Cc1ccccc1.CC(=O)O. The van der Waals surface area contributed by atoms with Crippen molar-refractivity contribution >= 4 is 18.0 Å². The van der Waals surface area contributed by atoms with Gasteiger partial charge in [-0.1, -0.05) is 61.7 Å². The maximum absolute atomic E-state index is 9.47. The maximum atomic E-state index is 9.47. The number of rotatable bonds is 6. The molecule has 138 valence electrons. The molecule has 1 aromatic rings. The fraction of sp³-hybridized carbons (Fsp3) is 0.200. The normalized spacial score (nSPS) is 7.96. The first-order chi connectivity index (χ1) is 11.7. The van der Waals surface area contributed by atoms with Crippen LogP contribution in [0, 0.1) is 0 Å². The highest BCUT2D eigenvalue weighted by atomic mass is 16.4. The van der Waals surface area contributed by atoms with E-state index in [0.717, 1.165) is 26.1 Å². The second kappa shape index (κ2) is 21.1. The highest BCUT2D eigenvalue weighted by Crippen LogP contribution is 1.97. The number of hydrogen-bond donors (Lipinski definition) is 2. The van der Waals surface area contributed by atoms with E-state index in [1.54, 1.807) is 0 Å². The van der Waals surface area contributed by atoms with Crippen LogP contribution in [-0.4, -0.2) is 42.0 Å². The van der Waals surface area contributed by atoms with Crippen molar-refractivity contribution in [2.24, 2.45) is 5.73 Å². The number of amides is 1. The third kappa shape index (κ3) is 33.7. The molecule has 0 aliphatic carbocycles. The van der Waals surface area contributed by atoms with E-state index in [4.69, 9.17) is 9.90 Å². The molecule has 0 heterocycles. The number of likely N-dealkylation sites (N-methyl/N-ethyl adjacent to an activating group) is 1. The molecular weight excluding hydrogens is 316 g/mol. The van der Waals surface area contributed by atoms with E-state index in [9.17, 15) is 4.79 Å². The molecule has 0 saturated carbocycles. The van der Waals surface area contributed by atoms with E-state index in [2.05, 4.69) is 36.9 Å². The van der Waals surface area contributed by atoms with Gasteiger partial charge in [0.15, 0.2) is 0 Å². The maximum Gasteiger partial charge on any atom is 0.300 e. The van der Waals surface area contributed by atoms with E-state index in [1.165, 1.54) is 5.56 Å². The fourth-order valence-corrected chi connectivity index (χ4v) is 1.10. The van der Waals surface area contributed by atoms with Crippen molar-refractivity contribution < 1.29 is 14.7 Å². The third-order valence-corrected chi connectivity index (χ3v) is 2.12. The number of nitrogens with zero attached hydrogens (tertiary/aromatic N) is 1. The molecule has 0 saturated heterocycles. The molecule has 0 fully saturated rings. The highest BCUT2D eigenvalue weighted by molar-refractivity contribution is 5.84. The summed E-state index contributed by atoms with van der Waals surface area (Å²) < 4.78 is 0. The first-order valence-corrected chi connectivity index (χ1v) is 7.44. The average molecular weight is 346 g/mol. The van der Waals surface area contributed by atoms with Crippen molar-refractivity contribution in [3.63, 3.8) is 0 Å². The minimum atomic E-state index is -0.833. The van der Waals surface area contributed by atoms with Crippen LogP contribution in [0.4, 0.5) is 0 Å². The Morgan fingerprint density at radius 1 is 1.08 bits per heavy atom. The number of carboxylic acids is 1. The summed E-state index contributed by atoms with van der Waals surface area (Å²) in [7, 11) is 2.03. The predicted molar refractivity (Wildman–Crippen MR) is 107 cm³/mol. The second-order valence-electron chi connectivity index (χ2n) is 4.54. The number of nitrogens with two attached hydrogens (primary N) is 1. The number of carbonyl (C=O) groups excluding carboxylic acids is 1. The van der Waals surface area contributed by atoms with Crippen molar-refractivity contribution in [2.75, 3.05) is 20.1 Å². The van der Waals surface area contributed by atoms with Crippen molar-refractivity contribution in [2.45, 2.75) is 6.92 Å². The molecule has 1 aromatic carbocycles. The molecule has 1 rings (SSSR count). The number of benzene rings is 1. The topological polar surface area (TPSA) is 83.6 Å². The Morgan fingerprint density at radius 3 is 1.64 bits per heavy atom. The second-order valence-corrected chi connectivity index (χ2v) is 4.54. The van der Waals surface area contributed by atoms with Crippen LogP contribution in [0.3, 0.4) is 0 Å². The summed E-state index contributed by atoms with van der Waals surface area (Å²) >= 11 is 0. The van der Waals surface area contributed by atoms with Crippen LogP contribution in [0.5, 0.6) is 0 Å². The molecule has 0 aliphatic rings. The van der Waals surface area contributed by atoms with Crippen LogP contribution in [0.1, 0.15) is 12.5 Å². The fourth-order valence-electron chi connectivity index (χ4n) is 1.10. The van der Waals surface area contributed by atoms with E-state index >= 15 is 0 Å². The Hall–Kier alpha value is -2.92. The molecule has 1 amide bonds. The minimum Gasteiger partial charge on any atom is -0.481 e.